The van der Waals surface area contributed by atoms with E-state index in [0.717, 1.165) is 25.0 Å². The molecule has 2 rings (SSSR count). The summed E-state index contributed by atoms with van der Waals surface area (Å²) in [5, 5.41) is 0.920. The van der Waals surface area contributed by atoms with E-state index in [9.17, 15) is 0 Å². The maximum atomic E-state index is 5.77. The third-order valence-electron chi connectivity index (χ3n) is 3.47. The predicted octanol–water partition coefficient (Wildman–Crippen LogP) is 3.29. The van der Waals surface area contributed by atoms with Crippen LogP contribution in [-0.4, -0.2) is 35.5 Å². The van der Waals surface area contributed by atoms with Gasteiger partial charge in [-0.15, -0.1) is 0 Å². The molecule has 0 bridgehead atoms. The smallest absolute Gasteiger partial charge is 0.0799 e. The van der Waals surface area contributed by atoms with Gasteiger partial charge in [-0.25, -0.2) is 0 Å². The summed E-state index contributed by atoms with van der Waals surface area (Å²) in [4.78, 5) is 2.52. The Balaban J connectivity index is 2.06. The van der Waals surface area contributed by atoms with Crippen LogP contribution in [0.1, 0.15) is 23.6 Å². The molecule has 1 heterocycles. The van der Waals surface area contributed by atoms with E-state index in [2.05, 4.69) is 59.8 Å². The van der Waals surface area contributed by atoms with Gasteiger partial charge in [0.15, 0.2) is 0 Å². The Morgan fingerprint density at radius 2 is 1.94 bits per heavy atom. The van der Waals surface area contributed by atoms with Crippen molar-refractivity contribution in [1.82, 2.24) is 4.90 Å². The van der Waals surface area contributed by atoms with Gasteiger partial charge in [-0.05, 0) is 26.3 Å². The Bertz CT molecular complexity index is 387. The average molecular weight is 312 g/mol. The molecule has 0 spiro atoms. The van der Waals surface area contributed by atoms with Crippen molar-refractivity contribution in [3.05, 3.63) is 34.9 Å². The van der Waals surface area contributed by atoms with Gasteiger partial charge >= 0.3 is 0 Å². The summed E-state index contributed by atoms with van der Waals surface area (Å²) < 4.78 is 5.77. The second-order valence-corrected chi connectivity index (χ2v) is 6.03. The Hall–Kier alpha value is -0.380. The first kappa shape index (κ1) is 14.0. The van der Waals surface area contributed by atoms with Crippen molar-refractivity contribution in [2.75, 3.05) is 18.5 Å². The fourth-order valence-electron chi connectivity index (χ4n) is 2.58. The minimum Gasteiger partial charge on any atom is -0.374 e. The lowest BCUT2D eigenvalue weighted by molar-refractivity contribution is -0.0499. The van der Waals surface area contributed by atoms with E-state index in [-0.39, 0.29) is 0 Å². The van der Waals surface area contributed by atoms with Crippen LogP contribution in [0.15, 0.2) is 18.2 Å². The Morgan fingerprint density at radius 3 is 2.56 bits per heavy atom. The van der Waals surface area contributed by atoms with Crippen LogP contribution in [0.5, 0.6) is 0 Å². The van der Waals surface area contributed by atoms with E-state index in [1.165, 1.54) is 16.7 Å². The van der Waals surface area contributed by atoms with Crippen molar-refractivity contribution in [2.45, 2.75) is 39.5 Å². The largest absolute Gasteiger partial charge is 0.374 e. The molecule has 0 amide bonds. The van der Waals surface area contributed by atoms with Crippen molar-refractivity contribution >= 4 is 15.9 Å². The summed E-state index contributed by atoms with van der Waals surface area (Å²) in [5.74, 6) is 0. The fraction of sp³-hybridized carbons (Fsp3) is 0.600. The molecular formula is C15H22BrNO. The minimum atomic E-state index is 0.326. The highest BCUT2D eigenvalue weighted by molar-refractivity contribution is 9.09. The van der Waals surface area contributed by atoms with E-state index in [1.807, 2.05) is 0 Å². The predicted molar refractivity (Wildman–Crippen MR) is 79.3 cm³/mol. The van der Waals surface area contributed by atoms with E-state index >= 15 is 0 Å². The van der Waals surface area contributed by atoms with Crippen molar-refractivity contribution in [3.8, 4) is 0 Å². The normalized spacial score (nSPS) is 25.3. The number of alkyl halides is 1. The Labute approximate surface area is 118 Å². The third-order valence-corrected chi connectivity index (χ3v) is 4.20. The van der Waals surface area contributed by atoms with Gasteiger partial charge in [-0.2, -0.15) is 0 Å². The van der Waals surface area contributed by atoms with Crippen LogP contribution in [0.4, 0.5) is 0 Å². The van der Waals surface area contributed by atoms with Gasteiger partial charge in [0.05, 0.1) is 12.7 Å². The minimum absolute atomic E-state index is 0.326. The highest BCUT2D eigenvalue weighted by Crippen LogP contribution is 2.18. The summed E-state index contributed by atoms with van der Waals surface area (Å²) in [6, 6.07) is 7.31. The van der Waals surface area contributed by atoms with Gasteiger partial charge in [-0.1, -0.05) is 45.3 Å². The molecule has 1 aliphatic heterocycles. The molecule has 0 radical (unpaired) electrons. The number of ether oxygens (including phenoxy) is 1. The number of morpholine rings is 1. The molecule has 0 N–H and O–H groups in total. The molecule has 0 aromatic heterocycles. The first-order chi connectivity index (χ1) is 8.58. The van der Waals surface area contributed by atoms with Gasteiger partial charge in [0, 0.05) is 24.5 Å². The maximum absolute atomic E-state index is 5.77. The molecule has 18 heavy (non-hydrogen) atoms. The highest BCUT2D eigenvalue weighted by Gasteiger charge is 2.25. The van der Waals surface area contributed by atoms with Gasteiger partial charge < -0.3 is 4.74 Å². The van der Waals surface area contributed by atoms with Crippen LogP contribution < -0.4 is 0 Å². The highest BCUT2D eigenvalue weighted by atomic mass is 79.9. The first-order valence-electron chi connectivity index (χ1n) is 6.57. The molecular weight excluding hydrogens is 290 g/mol. The molecule has 0 saturated carbocycles. The number of hydrogen-bond acceptors (Lipinski definition) is 2. The number of hydrogen-bond donors (Lipinski definition) is 0. The lowest BCUT2D eigenvalue weighted by atomic mass is 10.1. The maximum Gasteiger partial charge on any atom is 0.0799 e. The molecule has 1 fully saturated rings. The van der Waals surface area contributed by atoms with Crippen LogP contribution >= 0.6 is 15.9 Å². The Kier molecular flexibility index (Phi) is 4.82. The zero-order chi connectivity index (χ0) is 13.1. The van der Waals surface area contributed by atoms with Gasteiger partial charge in [-0.3, -0.25) is 4.90 Å². The monoisotopic (exact) mass is 311 g/mol. The second-order valence-electron chi connectivity index (χ2n) is 5.38. The van der Waals surface area contributed by atoms with E-state index in [0.29, 0.717) is 12.1 Å². The molecule has 1 aromatic carbocycles. The SMILES string of the molecule is Cc1cc(C)cc(CN2CC(CBr)OCC2C)c1. The van der Waals surface area contributed by atoms with Gasteiger partial charge in [0.25, 0.3) is 0 Å². The molecule has 2 atom stereocenters. The molecule has 1 saturated heterocycles. The summed E-state index contributed by atoms with van der Waals surface area (Å²) in [6.45, 7) is 9.45. The number of benzene rings is 1. The average Bonchev–Trinajstić information content (AvgIpc) is 2.30. The van der Waals surface area contributed by atoms with Gasteiger partial charge in [0.2, 0.25) is 0 Å². The van der Waals surface area contributed by atoms with Crippen LogP contribution in [0.2, 0.25) is 0 Å². The second kappa shape index (κ2) is 6.18. The van der Waals surface area contributed by atoms with Crippen molar-refractivity contribution in [1.29, 1.82) is 0 Å². The third kappa shape index (κ3) is 3.56. The topological polar surface area (TPSA) is 12.5 Å². The summed E-state index contributed by atoms with van der Waals surface area (Å²) in [7, 11) is 0. The standard InChI is InChI=1S/C15H22BrNO/c1-11-4-12(2)6-14(5-11)8-17-9-15(7-16)18-10-13(17)3/h4-6,13,15H,7-10H2,1-3H3. The molecule has 2 nitrogen and oxygen atoms in total. The Morgan fingerprint density at radius 1 is 1.28 bits per heavy atom. The van der Waals surface area contributed by atoms with E-state index < -0.39 is 0 Å². The fourth-order valence-corrected chi connectivity index (χ4v) is 2.98. The lowest BCUT2D eigenvalue weighted by Crippen LogP contribution is -2.48. The van der Waals surface area contributed by atoms with E-state index in [1.54, 1.807) is 0 Å². The van der Waals surface area contributed by atoms with Crippen molar-refractivity contribution in [3.63, 3.8) is 0 Å². The number of halogens is 1. The quantitative estimate of drug-likeness (QED) is 0.794. The van der Waals surface area contributed by atoms with Crippen molar-refractivity contribution < 1.29 is 4.74 Å². The molecule has 1 aromatic rings. The molecule has 2 unspecified atom stereocenters. The molecule has 1 aliphatic rings. The van der Waals surface area contributed by atoms with Crippen LogP contribution in [0.25, 0.3) is 0 Å². The summed E-state index contributed by atoms with van der Waals surface area (Å²) >= 11 is 3.52. The zero-order valence-corrected chi connectivity index (χ0v) is 13.0. The van der Waals surface area contributed by atoms with Crippen molar-refractivity contribution in [2.24, 2.45) is 0 Å². The van der Waals surface area contributed by atoms with E-state index in [4.69, 9.17) is 4.74 Å². The number of nitrogens with zero attached hydrogens (tertiary/aromatic N) is 1. The zero-order valence-electron chi connectivity index (χ0n) is 11.4. The summed E-state index contributed by atoms with van der Waals surface area (Å²) in [5.41, 5.74) is 4.11. The number of aryl methyl sites for hydroxylation is 2. The molecule has 100 valence electrons. The van der Waals surface area contributed by atoms with Gasteiger partial charge in [0.1, 0.15) is 0 Å². The summed E-state index contributed by atoms with van der Waals surface area (Å²) in [6.07, 6.45) is 0.326. The number of rotatable bonds is 3. The van der Waals surface area contributed by atoms with Crippen LogP contribution in [0.3, 0.4) is 0 Å². The van der Waals surface area contributed by atoms with Crippen LogP contribution in [-0.2, 0) is 11.3 Å². The lowest BCUT2D eigenvalue weighted by Gasteiger charge is -2.37. The molecule has 3 heteroatoms. The first-order valence-corrected chi connectivity index (χ1v) is 7.69. The molecule has 0 aliphatic carbocycles. The van der Waals surface area contributed by atoms with Crippen LogP contribution in [0, 0.1) is 13.8 Å².